The molecule has 1 aromatic heterocycles. The second-order valence-electron chi connectivity index (χ2n) is 3.00. The van der Waals surface area contributed by atoms with Gasteiger partial charge in [0.05, 0.1) is 6.04 Å². The minimum Gasteiger partial charge on any atom is -0.322 e. The normalized spacial score (nSPS) is 12.5. The molecule has 3 heteroatoms. The van der Waals surface area contributed by atoms with Crippen molar-refractivity contribution in [2.24, 2.45) is 5.73 Å². The third-order valence-electron chi connectivity index (χ3n) is 1.87. The molecule has 1 atom stereocenters. The van der Waals surface area contributed by atoms with Crippen molar-refractivity contribution in [3.63, 3.8) is 0 Å². The van der Waals surface area contributed by atoms with Crippen LogP contribution in [0.1, 0.15) is 41.4 Å². The first kappa shape index (κ1) is 10.2. The minimum absolute atomic E-state index is 0.0517. The van der Waals surface area contributed by atoms with Crippen LogP contribution in [-0.2, 0) is 0 Å². The smallest absolute Gasteiger partial charge is 0.127 e. The maximum Gasteiger partial charge on any atom is 0.127 e. The Kier molecular flexibility index (Phi) is 3.47. The third kappa shape index (κ3) is 2.30. The summed E-state index contributed by atoms with van der Waals surface area (Å²) in [6, 6.07) is 0.0517. The van der Waals surface area contributed by atoms with Crippen LogP contribution in [0.15, 0.2) is 0 Å². The van der Waals surface area contributed by atoms with Gasteiger partial charge in [-0.25, -0.2) is 4.98 Å². The van der Waals surface area contributed by atoms with Gasteiger partial charge in [-0.15, -0.1) is 17.8 Å². The molecule has 0 aliphatic rings. The average molecular weight is 194 g/mol. The quantitative estimate of drug-likeness (QED) is 0.749. The van der Waals surface area contributed by atoms with Crippen molar-refractivity contribution in [3.8, 4) is 12.3 Å². The lowest BCUT2D eigenvalue weighted by Gasteiger charge is -2.04. The molecule has 2 N–H and O–H groups in total. The summed E-state index contributed by atoms with van der Waals surface area (Å²) in [5, 5.41) is 0.965. The van der Waals surface area contributed by atoms with Crippen LogP contribution in [0.3, 0.4) is 0 Å². The second-order valence-corrected chi connectivity index (χ2v) is 4.23. The lowest BCUT2D eigenvalue weighted by molar-refractivity contribution is 0.634. The minimum atomic E-state index is 0.0517. The number of aromatic nitrogens is 1. The van der Waals surface area contributed by atoms with E-state index in [9.17, 15) is 0 Å². The van der Waals surface area contributed by atoms with Crippen molar-refractivity contribution in [1.82, 2.24) is 4.98 Å². The molecule has 0 aliphatic carbocycles. The summed E-state index contributed by atoms with van der Waals surface area (Å²) in [5.74, 6) is 2.56. The van der Waals surface area contributed by atoms with E-state index in [4.69, 9.17) is 12.2 Å². The first-order chi connectivity index (χ1) is 6.19. The Morgan fingerprint density at radius 2 is 2.38 bits per heavy atom. The van der Waals surface area contributed by atoms with Crippen LogP contribution in [0.25, 0.3) is 0 Å². The van der Waals surface area contributed by atoms with E-state index in [1.54, 1.807) is 11.3 Å². The Labute approximate surface area is 83.2 Å². The summed E-state index contributed by atoms with van der Waals surface area (Å²) in [6.45, 7) is 4.09. The number of hydrogen-bond acceptors (Lipinski definition) is 3. The third-order valence-corrected chi connectivity index (χ3v) is 2.97. The Balaban J connectivity index is 2.85. The topological polar surface area (TPSA) is 38.9 Å². The molecule has 1 heterocycles. The van der Waals surface area contributed by atoms with E-state index in [-0.39, 0.29) is 6.04 Å². The fourth-order valence-electron chi connectivity index (χ4n) is 1.14. The summed E-state index contributed by atoms with van der Waals surface area (Å²) in [4.78, 5) is 5.39. The Morgan fingerprint density at radius 1 is 1.69 bits per heavy atom. The van der Waals surface area contributed by atoms with Gasteiger partial charge < -0.3 is 5.73 Å². The Bertz CT molecular complexity index is 322. The van der Waals surface area contributed by atoms with E-state index in [2.05, 4.69) is 17.8 Å². The molecule has 0 fully saturated rings. The molecular weight excluding hydrogens is 180 g/mol. The zero-order chi connectivity index (χ0) is 9.84. The molecule has 1 aromatic rings. The van der Waals surface area contributed by atoms with Crippen molar-refractivity contribution in [2.75, 3.05) is 0 Å². The van der Waals surface area contributed by atoms with Crippen LogP contribution < -0.4 is 5.73 Å². The molecule has 2 nitrogen and oxygen atoms in total. The SMILES string of the molecule is C#Cc1nc(C(N)CCC)sc1C. The number of aryl methyl sites for hydroxylation is 1. The van der Waals surface area contributed by atoms with Gasteiger partial charge in [-0.1, -0.05) is 13.3 Å². The Hall–Kier alpha value is -0.850. The maximum atomic E-state index is 5.92. The van der Waals surface area contributed by atoms with Crippen LogP contribution in [0.4, 0.5) is 0 Å². The zero-order valence-corrected chi connectivity index (χ0v) is 8.82. The summed E-state index contributed by atoms with van der Waals surface area (Å²) in [5.41, 5.74) is 6.66. The largest absolute Gasteiger partial charge is 0.322 e. The standard InChI is InChI=1S/C10H14N2S/c1-4-6-8(11)10-12-9(5-2)7(3)13-10/h2,8H,4,6,11H2,1,3H3. The van der Waals surface area contributed by atoms with Gasteiger partial charge in [0, 0.05) is 4.88 Å². The van der Waals surface area contributed by atoms with Crippen LogP contribution in [0.5, 0.6) is 0 Å². The highest BCUT2D eigenvalue weighted by Crippen LogP contribution is 2.23. The molecule has 0 bridgehead atoms. The van der Waals surface area contributed by atoms with E-state index in [0.29, 0.717) is 0 Å². The molecule has 0 saturated carbocycles. The molecule has 0 radical (unpaired) electrons. The number of hydrogen-bond donors (Lipinski definition) is 1. The fourth-order valence-corrected chi connectivity index (χ4v) is 2.07. The summed E-state index contributed by atoms with van der Waals surface area (Å²) < 4.78 is 0. The average Bonchev–Trinajstić information content (AvgIpc) is 2.47. The number of nitrogens with two attached hydrogens (primary N) is 1. The van der Waals surface area contributed by atoms with Crippen LogP contribution in [0, 0.1) is 19.3 Å². The van der Waals surface area contributed by atoms with E-state index < -0.39 is 0 Å². The van der Waals surface area contributed by atoms with Gasteiger partial charge in [-0.05, 0) is 19.3 Å². The van der Waals surface area contributed by atoms with Gasteiger partial charge in [0.1, 0.15) is 10.7 Å². The first-order valence-electron chi connectivity index (χ1n) is 4.38. The second kappa shape index (κ2) is 4.40. The van der Waals surface area contributed by atoms with Crippen LogP contribution in [-0.4, -0.2) is 4.98 Å². The van der Waals surface area contributed by atoms with Crippen LogP contribution >= 0.6 is 11.3 Å². The van der Waals surface area contributed by atoms with Crippen molar-refractivity contribution >= 4 is 11.3 Å². The fraction of sp³-hybridized carbons (Fsp3) is 0.500. The lowest BCUT2D eigenvalue weighted by atomic mass is 10.2. The highest BCUT2D eigenvalue weighted by molar-refractivity contribution is 7.11. The van der Waals surface area contributed by atoms with E-state index in [0.717, 1.165) is 28.4 Å². The molecule has 0 aromatic carbocycles. The summed E-state index contributed by atoms with van der Waals surface area (Å²) >= 11 is 1.61. The first-order valence-corrected chi connectivity index (χ1v) is 5.20. The summed E-state index contributed by atoms with van der Waals surface area (Å²) in [7, 11) is 0. The van der Waals surface area contributed by atoms with Crippen molar-refractivity contribution in [3.05, 3.63) is 15.6 Å². The Morgan fingerprint density at radius 3 is 2.85 bits per heavy atom. The highest BCUT2D eigenvalue weighted by atomic mass is 32.1. The van der Waals surface area contributed by atoms with Crippen molar-refractivity contribution < 1.29 is 0 Å². The summed E-state index contributed by atoms with van der Waals surface area (Å²) in [6.07, 6.45) is 7.34. The van der Waals surface area contributed by atoms with Gasteiger partial charge >= 0.3 is 0 Å². The van der Waals surface area contributed by atoms with Gasteiger partial charge in [0.25, 0.3) is 0 Å². The van der Waals surface area contributed by atoms with E-state index >= 15 is 0 Å². The number of nitrogens with zero attached hydrogens (tertiary/aromatic N) is 1. The molecule has 1 unspecified atom stereocenters. The molecule has 13 heavy (non-hydrogen) atoms. The van der Waals surface area contributed by atoms with E-state index in [1.807, 2.05) is 6.92 Å². The molecular formula is C10H14N2S. The molecule has 0 amide bonds. The van der Waals surface area contributed by atoms with Gasteiger partial charge in [0.15, 0.2) is 0 Å². The predicted molar refractivity (Wildman–Crippen MR) is 56.6 cm³/mol. The van der Waals surface area contributed by atoms with Crippen molar-refractivity contribution in [1.29, 1.82) is 0 Å². The van der Waals surface area contributed by atoms with Crippen molar-refractivity contribution in [2.45, 2.75) is 32.7 Å². The van der Waals surface area contributed by atoms with Gasteiger partial charge in [-0.3, -0.25) is 0 Å². The zero-order valence-electron chi connectivity index (χ0n) is 8.00. The molecule has 0 saturated heterocycles. The molecule has 70 valence electrons. The monoisotopic (exact) mass is 194 g/mol. The van der Waals surface area contributed by atoms with Crippen LogP contribution in [0.2, 0.25) is 0 Å². The highest BCUT2D eigenvalue weighted by Gasteiger charge is 2.11. The lowest BCUT2D eigenvalue weighted by Crippen LogP contribution is -2.09. The van der Waals surface area contributed by atoms with Gasteiger partial charge in [0.2, 0.25) is 0 Å². The number of terminal acetylenes is 1. The molecule has 0 aliphatic heterocycles. The van der Waals surface area contributed by atoms with E-state index in [1.165, 1.54) is 0 Å². The predicted octanol–water partition coefficient (Wildman–Crippen LogP) is 2.23. The number of thiazole rings is 1. The maximum absolute atomic E-state index is 5.92. The molecule has 0 spiro atoms. The number of rotatable bonds is 3. The molecule has 1 rings (SSSR count). The van der Waals surface area contributed by atoms with Gasteiger partial charge in [-0.2, -0.15) is 0 Å².